The fourth-order valence-electron chi connectivity index (χ4n) is 3.32. The molecule has 1 aliphatic heterocycles. The van der Waals surface area contributed by atoms with Crippen LogP contribution in [0.3, 0.4) is 0 Å². The minimum atomic E-state index is 0.301. The molecule has 1 fully saturated rings. The molecule has 0 aliphatic carbocycles. The fraction of sp³-hybridized carbons (Fsp3) is 1.00. The number of hydrogen-bond acceptors (Lipinski definition) is 1. The van der Waals surface area contributed by atoms with E-state index >= 15 is 0 Å². The first-order chi connectivity index (χ1) is 6.63. The van der Waals surface area contributed by atoms with E-state index in [0.29, 0.717) is 11.1 Å². The Morgan fingerprint density at radius 1 is 0.933 bits per heavy atom. The van der Waals surface area contributed by atoms with Crippen LogP contribution in [0.1, 0.15) is 61.3 Å². The zero-order chi connectivity index (χ0) is 11.9. The van der Waals surface area contributed by atoms with E-state index in [0.717, 1.165) is 17.8 Å². The van der Waals surface area contributed by atoms with Crippen molar-refractivity contribution in [3.05, 3.63) is 0 Å². The molecule has 15 heavy (non-hydrogen) atoms. The van der Waals surface area contributed by atoms with Crippen LogP contribution in [0.15, 0.2) is 0 Å². The molecule has 0 saturated carbocycles. The van der Waals surface area contributed by atoms with Gasteiger partial charge in [-0.05, 0) is 58.3 Å². The van der Waals surface area contributed by atoms with E-state index in [4.69, 9.17) is 0 Å². The van der Waals surface area contributed by atoms with Gasteiger partial charge >= 0.3 is 0 Å². The van der Waals surface area contributed by atoms with Crippen LogP contribution in [0.5, 0.6) is 0 Å². The largest absolute Gasteiger partial charge is 0.307 e. The van der Waals surface area contributed by atoms with Crippen LogP contribution in [-0.4, -0.2) is 11.1 Å². The second-order valence-corrected chi connectivity index (χ2v) is 7.16. The van der Waals surface area contributed by atoms with Gasteiger partial charge < -0.3 is 5.32 Å². The fourth-order valence-corrected chi connectivity index (χ4v) is 3.32. The third-order valence-electron chi connectivity index (χ3n) is 4.02. The number of hydrogen-bond donors (Lipinski definition) is 1. The number of nitrogens with one attached hydrogen (secondary N) is 1. The van der Waals surface area contributed by atoms with E-state index in [2.05, 4.69) is 53.8 Å². The van der Waals surface area contributed by atoms with E-state index in [9.17, 15) is 0 Å². The molecule has 1 rings (SSSR count). The van der Waals surface area contributed by atoms with Crippen LogP contribution in [0.25, 0.3) is 0 Å². The first kappa shape index (κ1) is 13.0. The molecule has 0 spiro atoms. The third kappa shape index (κ3) is 3.48. The molecule has 0 radical (unpaired) electrons. The molecule has 1 heterocycles. The first-order valence-electron chi connectivity index (χ1n) is 6.42. The molecule has 1 nitrogen and oxygen atoms in total. The van der Waals surface area contributed by atoms with E-state index < -0.39 is 0 Å². The van der Waals surface area contributed by atoms with Gasteiger partial charge in [-0.2, -0.15) is 0 Å². The molecule has 1 atom stereocenters. The first-order valence-corrected chi connectivity index (χ1v) is 6.42. The zero-order valence-corrected chi connectivity index (χ0v) is 11.6. The Kier molecular flexibility index (Phi) is 3.55. The highest BCUT2D eigenvalue weighted by molar-refractivity contribution is 4.98. The summed E-state index contributed by atoms with van der Waals surface area (Å²) in [5, 5.41) is 3.76. The lowest BCUT2D eigenvalue weighted by Crippen LogP contribution is -2.58. The van der Waals surface area contributed by atoms with Crippen LogP contribution < -0.4 is 5.32 Å². The van der Waals surface area contributed by atoms with Crippen molar-refractivity contribution in [2.45, 2.75) is 72.4 Å². The van der Waals surface area contributed by atoms with Crippen molar-refractivity contribution in [3.63, 3.8) is 0 Å². The molecule has 1 aliphatic rings. The van der Waals surface area contributed by atoms with Crippen LogP contribution in [0, 0.1) is 17.8 Å². The van der Waals surface area contributed by atoms with Crippen molar-refractivity contribution in [2.75, 3.05) is 0 Å². The van der Waals surface area contributed by atoms with E-state index in [-0.39, 0.29) is 0 Å². The average molecular weight is 211 g/mol. The van der Waals surface area contributed by atoms with Gasteiger partial charge in [0.1, 0.15) is 0 Å². The molecule has 0 aromatic carbocycles. The molecular formula is C14H29N. The summed E-state index contributed by atoms with van der Waals surface area (Å²) in [6.07, 6.45) is 2.63. The maximum atomic E-state index is 3.76. The van der Waals surface area contributed by atoms with Crippen molar-refractivity contribution in [2.24, 2.45) is 17.8 Å². The highest BCUT2D eigenvalue weighted by Gasteiger charge is 2.39. The smallest absolute Gasteiger partial charge is 0.0132 e. The van der Waals surface area contributed by atoms with Gasteiger partial charge in [0.15, 0.2) is 0 Å². The summed E-state index contributed by atoms with van der Waals surface area (Å²) in [6.45, 7) is 16.5. The lowest BCUT2D eigenvalue weighted by Gasteiger charge is -2.49. The van der Waals surface area contributed by atoms with Gasteiger partial charge in [0.05, 0.1) is 0 Å². The molecule has 1 saturated heterocycles. The highest BCUT2D eigenvalue weighted by Crippen LogP contribution is 2.39. The Hall–Kier alpha value is -0.0400. The molecule has 0 bridgehead atoms. The monoisotopic (exact) mass is 211 g/mol. The summed E-state index contributed by atoms with van der Waals surface area (Å²) < 4.78 is 0. The summed E-state index contributed by atoms with van der Waals surface area (Å²) in [5.74, 6) is 2.52. The lowest BCUT2D eigenvalue weighted by atomic mass is 9.69. The Morgan fingerprint density at radius 3 is 1.67 bits per heavy atom. The van der Waals surface area contributed by atoms with Crippen LogP contribution >= 0.6 is 0 Å². The normalized spacial score (nSPS) is 28.0. The quantitative estimate of drug-likeness (QED) is 0.732. The maximum Gasteiger partial charge on any atom is 0.0132 e. The second kappa shape index (κ2) is 4.08. The summed E-state index contributed by atoms with van der Waals surface area (Å²) in [4.78, 5) is 0. The molecule has 0 amide bonds. The summed E-state index contributed by atoms with van der Waals surface area (Å²) >= 11 is 0. The predicted octanol–water partition coefficient (Wildman–Crippen LogP) is 3.84. The molecular weight excluding hydrogens is 182 g/mol. The van der Waals surface area contributed by atoms with Gasteiger partial charge in [0.2, 0.25) is 0 Å². The minimum Gasteiger partial charge on any atom is -0.307 e. The van der Waals surface area contributed by atoms with Crippen molar-refractivity contribution in [1.82, 2.24) is 5.32 Å². The highest BCUT2D eigenvalue weighted by atomic mass is 15.0. The summed E-state index contributed by atoms with van der Waals surface area (Å²) in [6, 6.07) is 0. The van der Waals surface area contributed by atoms with Crippen molar-refractivity contribution in [1.29, 1.82) is 0 Å². The number of rotatable bonds is 2. The topological polar surface area (TPSA) is 12.0 Å². The van der Waals surface area contributed by atoms with Gasteiger partial charge in [-0.15, -0.1) is 0 Å². The van der Waals surface area contributed by atoms with Crippen LogP contribution in [0.4, 0.5) is 0 Å². The van der Waals surface area contributed by atoms with E-state index in [1.165, 1.54) is 12.8 Å². The van der Waals surface area contributed by atoms with Gasteiger partial charge in [-0.25, -0.2) is 0 Å². The average Bonchev–Trinajstić information content (AvgIpc) is 1.96. The van der Waals surface area contributed by atoms with Gasteiger partial charge in [-0.1, -0.05) is 20.8 Å². The second-order valence-electron chi connectivity index (χ2n) is 7.16. The predicted molar refractivity (Wildman–Crippen MR) is 68.0 cm³/mol. The molecule has 0 aromatic heterocycles. The summed E-state index contributed by atoms with van der Waals surface area (Å²) in [5.41, 5.74) is 0.602. The molecule has 0 aromatic rings. The molecule has 90 valence electrons. The van der Waals surface area contributed by atoms with Gasteiger partial charge in [-0.3, -0.25) is 0 Å². The van der Waals surface area contributed by atoms with E-state index in [1.807, 2.05) is 0 Å². The van der Waals surface area contributed by atoms with Gasteiger partial charge in [0.25, 0.3) is 0 Å². The van der Waals surface area contributed by atoms with Crippen molar-refractivity contribution < 1.29 is 0 Å². The minimum absolute atomic E-state index is 0.301. The van der Waals surface area contributed by atoms with Gasteiger partial charge in [0, 0.05) is 11.1 Å². The Balaban J connectivity index is 2.75. The third-order valence-corrected chi connectivity index (χ3v) is 4.02. The van der Waals surface area contributed by atoms with Crippen LogP contribution in [0.2, 0.25) is 0 Å². The van der Waals surface area contributed by atoms with E-state index in [1.54, 1.807) is 0 Å². The molecule has 1 N–H and O–H groups in total. The standard InChI is InChI=1S/C14H29N/c1-10(2)11(3)12-8-13(4,5)15-14(6,7)9-12/h10-12,15H,8-9H2,1-7H3. The zero-order valence-electron chi connectivity index (χ0n) is 11.6. The maximum absolute atomic E-state index is 3.76. The Bertz CT molecular complexity index is 199. The summed E-state index contributed by atoms with van der Waals surface area (Å²) in [7, 11) is 0. The van der Waals surface area contributed by atoms with Crippen molar-refractivity contribution >= 4 is 0 Å². The van der Waals surface area contributed by atoms with Crippen molar-refractivity contribution in [3.8, 4) is 0 Å². The Morgan fingerprint density at radius 2 is 1.33 bits per heavy atom. The van der Waals surface area contributed by atoms with Crippen LogP contribution in [-0.2, 0) is 0 Å². The molecule has 1 unspecified atom stereocenters. The Labute approximate surface area is 96.0 Å². The number of piperidine rings is 1. The molecule has 1 heteroatoms. The lowest BCUT2D eigenvalue weighted by molar-refractivity contribution is 0.0826. The SMILES string of the molecule is CC(C)C(C)C1CC(C)(C)NC(C)(C)C1.